The van der Waals surface area contributed by atoms with Gasteiger partial charge in [0.2, 0.25) is 5.91 Å². The first-order chi connectivity index (χ1) is 5.72. The molecule has 70 valence electrons. The van der Waals surface area contributed by atoms with Crippen molar-refractivity contribution in [2.24, 2.45) is 5.41 Å². The van der Waals surface area contributed by atoms with E-state index in [4.69, 9.17) is 0 Å². The number of carbonyl (C=O) groups is 1. The fourth-order valence-electron chi connectivity index (χ4n) is 1.34. The minimum Gasteiger partial charge on any atom is -0.354 e. The van der Waals surface area contributed by atoms with Gasteiger partial charge in [-0.25, -0.2) is 0 Å². The molecule has 0 atom stereocenters. The molecule has 0 saturated heterocycles. The standard InChI is InChI=1S/C9H18N2O/c1-3-9(4-5-9)7-11-8(12)6-10-2/h10H,3-7H2,1-2H3,(H,11,12). The predicted octanol–water partition coefficient (Wildman–Crippen LogP) is 0.512. The molecule has 1 rings (SSSR count). The normalized spacial score (nSPS) is 18.8. The first-order valence-electron chi connectivity index (χ1n) is 4.64. The molecule has 0 aromatic carbocycles. The van der Waals surface area contributed by atoms with E-state index in [1.807, 2.05) is 0 Å². The summed E-state index contributed by atoms with van der Waals surface area (Å²) >= 11 is 0. The molecule has 1 fully saturated rings. The van der Waals surface area contributed by atoms with Crippen LogP contribution in [0.2, 0.25) is 0 Å². The summed E-state index contributed by atoms with van der Waals surface area (Å²) < 4.78 is 0. The van der Waals surface area contributed by atoms with Crippen LogP contribution in [-0.2, 0) is 4.79 Å². The minimum atomic E-state index is 0.109. The molecule has 3 nitrogen and oxygen atoms in total. The molecule has 0 aromatic rings. The maximum absolute atomic E-state index is 11.1. The maximum Gasteiger partial charge on any atom is 0.233 e. The third-order valence-electron chi connectivity index (χ3n) is 2.70. The second-order valence-electron chi connectivity index (χ2n) is 3.66. The van der Waals surface area contributed by atoms with Gasteiger partial charge >= 0.3 is 0 Å². The van der Waals surface area contributed by atoms with Gasteiger partial charge in [0.15, 0.2) is 0 Å². The molecule has 2 N–H and O–H groups in total. The molecule has 0 aliphatic heterocycles. The van der Waals surface area contributed by atoms with Crippen LogP contribution in [0.3, 0.4) is 0 Å². The van der Waals surface area contributed by atoms with Crippen LogP contribution in [0.1, 0.15) is 26.2 Å². The molecule has 0 heterocycles. The second kappa shape index (κ2) is 3.90. The van der Waals surface area contributed by atoms with Gasteiger partial charge in [-0.1, -0.05) is 6.92 Å². The van der Waals surface area contributed by atoms with Crippen LogP contribution in [0.25, 0.3) is 0 Å². The zero-order valence-corrected chi connectivity index (χ0v) is 7.94. The molecule has 0 bridgehead atoms. The van der Waals surface area contributed by atoms with E-state index in [0.29, 0.717) is 12.0 Å². The van der Waals surface area contributed by atoms with E-state index in [1.165, 1.54) is 19.3 Å². The van der Waals surface area contributed by atoms with Crippen molar-refractivity contribution < 1.29 is 4.79 Å². The molecule has 1 saturated carbocycles. The monoisotopic (exact) mass is 170 g/mol. The third-order valence-corrected chi connectivity index (χ3v) is 2.70. The summed E-state index contributed by atoms with van der Waals surface area (Å²) in [6.45, 7) is 3.49. The number of rotatable bonds is 5. The summed E-state index contributed by atoms with van der Waals surface area (Å²) in [6, 6.07) is 0. The van der Waals surface area contributed by atoms with Crippen molar-refractivity contribution in [1.82, 2.24) is 10.6 Å². The fourth-order valence-corrected chi connectivity index (χ4v) is 1.34. The number of carbonyl (C=O) groups excluding carboxylic acids is 1. The lowest BCUT2D eigenvalue weighted by molar-refractivity contribution is -0.120. The average Bonchev–Trinajstić information content (AvgIpc) is 2.82. The highest BCUT2D eigenvalue weighted by atomic mass is 16.1. The summed E-state index contributed by atoms with van der Waals surface area (Å²) in [5.41, 5.74) is 0.462. The second-order valence-corrected chi connectivity index (χ2v) is 3.66. The fraction of sp³-hybridized carbons (Fsp3) is 0.889. The Morgan fingerprint density at radius 1 is 1.50 bits per heavy atom. The van der Waals surface area contributed by atoms with Crippen LogP contribution in [0.4, 0.5) is 0 Å². The van der Waals surface area contributed by atoms with Crippen LogP contribution in [0.15, 0.2) is 0 Å². The Morgan fingerprint density at radius 2 is 2.17 bits per heavy atom. The van der Waals surface area contributed by atoms with Gasteiger partial charge in [-0.2, -0.15) is 0 Å². The lowest BCUT2D eigenvalue weighted by atomic mass is 10.0. The van der Waals surface area contributed by atoms with Crippen molar-refractivity contribution in [3.8, 4) is 0 Å². The van der Waals surface area contributed by atoms with Crippen LogP contribution >= 0.6 is 0 Å². The molecule has 0 aromatic heterocycles. The van der Waals surface area contributed by atoms with Gasteiger partial charge < -0.3 is 10.6 Å². The van der Waals surface area contributed by atoms with Crippen LogP contribution in [0.5, 0.6) is 0 Å². The summed E-state index contributed by atoms with van der Waals surface area (Å²) in [5, 5.41) is 5.77. The highest BCUT2D eigenvalue weighted by Gasteiger charge is 2.40. The van der Waals surface area contributed by atoms with Gasteiger partial charge in [-0.3, -0.25) is 4.79 Å². The molecule has 12 heavy (non-hydrogen) atoms. The highest BCUT2D eigenvalue weighted by molar-refractivity contribution is 5.78. The lowest BCUT2D eigenvalue weighted by Crippen LogP contribution is -2.35. The van der Waals surface area contributed by atoms with Crippen LogP contribution in [0, 0.1) is 5.41 Å². The van der Waals surface area contributed by atoms with E-state index in [0.717, 1.165) is 6.54 Å². The van der Waals surface area contributed by atoms with Crippen LogP contribution < -0.4 is 10.6 Å². The molecule has 1 aliphatic rings. The van der Waals surface area contributed by atoms with Crippen molar-refractivity contribution in [3.05, 3.63) is 0 Å². The molecule has 0 spiro atoms. The molecule has 0 unspecified atom stereocenters. The van der Waals surface area contributed by atoms with E-state index < -0.39 is 0 Å². The SMILES string of the molecule is CCC1(CNC(=O)CNC)CC1. The molecular formula is C9H18N2O. The zero-order chi connectivity index (χ0) is 9.03. The van der Waals surface area contributed by atoms with E-state index in [9.17, 15) is 4.79 Å². The Labute approximate surface area is 73.9 Å². The summed E-state index contributed by atoms with van der Waals surface area (Å²) in [5.74, 6) is 0.109. The first kappa shape index (κ1) is 9.52. The zero-order valence-electron chi connectivity index (χ0n) is 7.94. The quantitative estimate of drug-likeness (QED) is 0.631. The maximum atomic E-state index is 11.1. The van der Waals surface area contributed by atoms with Crippen molar-refractivity contribution in [1.29, 1.82) is 0 Å². The number of likely N-dealkylation sites (N-methyl/N-ethyl adjacent to an activating group) is 1. The van der Waals surface area contributed by atoms with Gasteiger partial charge in [0, 0.05) is 6.54 Å². The lowest BCUT2D eigenvalue weighted by Gasteiger charge is -2.12. The van der Waals surface area contributed by atoms with Crippen molar-refractivity contribution in [3.63, 3.8) is 0 Å². The number of nitrogens with one attached hydrogen (secondary N) is 2. The topological polar surface area (TPSA) is 41.1 Å². The van der Waals surface area contributed by atoms with Gasteiger partial charge in [0.1, 0.15) is 0 Å². The first-order valence-corrected chi connectivity index (χ1v) is 4.64. The molecule has 1 amide bonds. The van der Waals surface area contributed by atoms with E-state index in [1.54, 1.807) is 7.05 Å². The Hall–Kier alpha value is -0.570. The number of amides is 1. The van der Waals surface area contributed by atoms with Gasteiger partial charge in [0.05, 0.1) is 6.54 Å². The summed E-state index contributed by atoms with van der Waals surface area (Å²) in [4.78, 5) is 11.1. The van der Waals surface area contributed by atoms with Crippen LogP contribution in [-0.4, -0.2) is 26.0 Å². The molecule has 3 heteroatoms. The summed E-state index contributed by atoms with van der Waals surface area (Å²) in [6.07, 6.45) is 3.75. The van der Waals surface area contributed by atoms with Crippen molar-refractivity contribution in [2.45, 2.75) is 26.2 Å². The minimum absolute atomic E-state index is 0.109. The van der Waals surface area contributed by atoms with Gasteiger partial charge in [-0.15, -0.1) is 0 Å². The predicted molar refractivity (Wildman–Crippen MR) is 48.9 cm³/mol. The Bertz CT molecular complexity index is 164. The Morgan fingerprint density at radius 3 is 2.58 bits per heavy atom. The Balaban J connectivity index is 2.12. The van der Waals surface area contributed by atoms with E-state index in [-0.39, 0.29) is 5.91 Å². The molecule has 0 radical (unpaired) electrons. The number of hydrogen-bond donors (Lipinski definition) is 2. The molecule has 1 aliphatic carbocycles. The Kier molecular flexibility index (Phi) is 3.09. The number of hydrogen-bond acceptors (Lipinski definition) is 2. The largest absolute Gasteiger partial charge is 0.354 e. The van der Waals surface area contributed by atoms with E-state index >= 15 is 0 Å². The van der Waals surface area contributed by atoms with Crippen molar-refractivity contribution >= 4 is 5.91 Å². The highest BCUT2D eigenvalue weighted by Crippen LogP contribution is 2.47. The average molecular weight is 170 g/mol. The van der Waals surface area contributed by atoms with Gasteiger partial charge in [0.25, 0.3) is 0 Å². The molecular weight excluding hydrogens is 152 g/mol. The van der Waals surface area contributed by atoms with E-state index in [2.05, 4.69) is 17.6 Å². The smallest absolute Gasteiger partial charge is 0.233 e. The third kappa shape index (κ3) is 2.48. The van der Waals surface area contributed by atoms with Crippen molar-refractivity contribution in [2.75, 3.05) is 20.1 Å². The summed E-state index contributed by atoms with van der Waals surface area (Å²) in [7, 11) is 1.78. The van der Waals surface area contributed by atoms with Gasteiger partial charge in [-0.05, 0) is 31.7 Å².